The Kier molecular flexibility index (Phi) is 3.43. The molecular weight excluding hydrogens is 260 g/mol. The number of carboxylic acid groups (broad SMARTS) is 1. The summed E-state index contributed by atoms with van der Waals surface area (Å²) in [6.07, 6.45) is 0.870. The van der Waals surface area contributed by atoms with E-state index in [1.54, 1.807) is 6.07 Å². The molecule has 5 heteroatoms. The molecule has 0 bridgehead atoms. The molecule has 0 radical (unpaired) electrons. The van der Waals surface area contributed by atoms with Gasteiger partial charge in [0.05, 0.1) is 11.2 Å². The minimum atomic E-state index is -0.864. The fourth-order valence-corrected chi connectivity index (χ4v) is 3.22. The maximum atomic E-state index is 11.1. The number of aromatic nitrogens is 2. The molecule has 0 amide bonds. The molecule has 0 aliphatic carbocycles. The van der Waals surface area contributed by atoms with E-state index in [0.717, 1.165) is 22.3 Å². The standard InChI is InChI=1S/C14H20N2O2S/c1-8(2)6-10-9-7-11(13(17)18)19-12(9)16(15-10)14(3,4)5/h7-8H,6H2,1-5H3,(H,17,18). The van der Waals surface area contributed by atoms with E-state index in [0.29, 0.717) is 10.8 Å². The third-order valence-corrected chi connectivity index (χ3v) is 3.98. The van der Waals surface area contributed by atoms with Gasteiger partial charge in [0.15, 0.2) is 0 Å². The third kappa shape index (κ3) is 2.66. The zero-order chi connectivity index (χ0) is 14.4. The molecule has 2 heterocycles. The number of carboxylic acids is 1. The number of carbonyl (C=O) groups is 1. The summed E-state index contributed by atoms with van der Waals surface area (Å²) in [6, 6.07) is 1.76. The van der Waals surface area contributed by atoms with E-state index in [4.69, 9.17) is 10.2 Å². The zero-order valence-corrected chi connectivity index (χ0v) is 12.8. The quantitative estimate of drug-likeness (QED) is 0.931. The topological polar surface area (TPSA) is 55.1 Å². The Morgan fingerprint density at radius 3 is 2.58 bits per heavy atom. The molecule has 2 aromatic heterocycles. The molecule has 0 aliphatic rings. The number of hydrogen-bond acceptors (Lipinski definition) is 3. The van der Waals surface area contributed by atoms with E-state index in [1.807, 2.05) is 4.68 Å². The van der Waals surface area contributed by atoms with Gasteiger partial charge >= 0.3 is 5.97 Å². The first-order valence-electron chi connectivity index (χ1n) is 6.45. The number of hydrogen-bond donors (Lipinski definition) is 1. The van der Waals surface area contributed by atoms with E-state index in [-0.39, 0.29) is 5.54 Å². The lowest BCUT2D eigenvalue weighted by atomic mass is 10.1. The van der Waals surface area contributed by atoms with Crippen molar-refractivity contribution in [2.24, 2.45) is 5.92 Å². The van der Waals surface area contributed by atoms with Gasteiger partial charge in [0, 0.05) is 5.39 Å². The lowest BCUT2D eigenvalue weighted by molar-refractivity contribution is 0.0702. The third-order valence-electron chi connectivity index (χ3n) is 2.88. The largest absolute Gasteiger partial charge is 0.477 e. The molecule has 0 fully saturated rings. The Labute approximate surface area is 117 Å². The highest BCUT2D eigenvalue weighted by Gasteiger charge is 2.24. The van der Waals surface area contributed by atoms with Crippen molar-refractivity contribution in [3.05, 3.63) is 16.6 Å². The fraction of sp³-hybridized carbons (Fsp3) is 0.571. The van der Waals surface area contributed by atoms with Crippen molar-refractivity contribution in [2.45, 2.75) is 46.6 Å². The smallest absolute Gasteiger partial charge is 0.345 e. The van der Waals surface area contributed by atoms with E-state index >= 15 is 0 Å². The minimum Gasteiger partial charge on any atom is -0.477 e. The Bertz CT molecular complexity index is 617. The van der Waals surface area contributed by atoms with Gasteiger partial charge in [-0.2, -0.15) is 5.10 Å². The van der Waals surface area contributed by atoms with Crippen molar-refractivity contribution in [2.75, 3.05) is 0 Å². The summed E-state index contributed by atoms with van der Waals surface area (Å²) in [5.41, 5.74) is 0.859. The van der Waals surface area contributed by atoms with Crippen molar-refractivity contribution in [1.29, 1.82) is 0 Å². The Balaban J connectivity index is 2.66. The molecule has 0 saturated carbocycles. The monoisotopic (exact) mass is 280 g/mol. The second kappa shape index (κ2) is 4.63. The molecule has 0 unspecified atom stereocenters. The average molecular weight is 280 g/mol. The van der Waals surface area contributed by atoms with Crippen molar-refractivity contribution in [3.63, 3.8) is 0 Å². The normalized spacial score (nSPS) is 12.5. The number of thiophene rings is 1. The van der Waals surface area contributed by atoms with Gasteiger partial charge in [-0.1, -0.05) is 13.8 Å². The Morgan fingerprint density at radius 1 is 1.47 bits per heavy atom. The van der Waals surface area contributed by atoms with Crippen molar-refractivity contribution in [3.8, 4) is 0 Å². The van der Waals surface area contributed by atoms with Gasteiger partial charge in [0.2, 0.25) is 0 Å². The van der Waals surface area contributed by atoms with Crippen molar-refractivity contribution >= 4 is 27.5 Å². The zero-order valence-electron chi connectivity index (χ0n) is 12.0. The minimum absolute atomic E-state index is 0.145. The second-order valence-electron chi connectivity index (χ2n) is 6.26. The highest BCUT2D eigenvalue weighted by molar-refractivity contribution is 7.20. The number of fused-ring (bicyclic) bond motifs is 1. The molecule has 0 spiro atoms. The van der Waals surface area contributed by atoms with Crippen LogP contribution in [-0.4, -0.2) is 20.9 Å². The van der Waals surface area contributed by atoms with E-state index < -0.39 is 5.97 Å². The molecule has 104 valence electrons. The van der Waals surface area contributed by atoms with Crippen LogP contribution in [-0.2, 0) is 12.0 Å². The molecule has 19 heavy (non-hydrogen) atoms. The highest BCUT2D eigenvalue weighted by Crippen LogP contribution is 2.33. The molecular formula is C14H20N2O2S. The van der Waals surface area contributed by atoms with Crippen LogP contribution in [0.15, 0.2) is 6.07 Å². The van der Waals surface area contributed by atoms with Crippen molar-refractivity contribution in [1.82, 2.24) is 9.78 Å². The Hall–Kier alpha value is -1.36. The van der Waals surface area contributed by atoms with Gasteiger partial charge in [-0.25, -0.2) is 9.48 Å². The lowest BCUT2D eigenvalue weighted by Gasteiger charge is -2.19. The molecule has 0 atom stereocenters. The van der Waals surface area contributed by atoms with Gasteiger partial charge in [-0.3, -0.25) is 0 Å². The lowest BCUT2D eigenvalue weighted by Crippen LogP contribution is -2.22. The first-order valence-corrected chi connectivity index (χ1v) is 7.27. The SMILES string of the molecule is CC(C)Cc1nn(C(C)(C)C)c2sc(C(=O)O)cc12. The second-order valence-corrected chi connectivity index (χ2v) is 7.29. The van der Waals surface area contributed by atoms with E-state index in [1.165, 1.54) is 11.3 Å². The van der Waals surface area contributed by atoms with Gasteiger partial charge < -0.3 is 5.11 Å². The molecule has 1 N–H and O–H groups in total. The van der Waals surface area contributed by atoms with Crippen LogP contribution in [0.25, 0.3) is 10.2 Å². The van der Waals surface area contributed by atoms with Crippen LogP contribution in [0.5, 0.6) is 0 Å². The first-order chi connectivity index (χ1) is 8.70. The molecule has 2 aromatic rings. The number of aromatic carboxylic acids is 1. The van der Waals surface area contributed by atoms with Crippen LogP contribution in [0.1, 0.15) is 50.0 Å². The summed E-state index contributed by atoms with van der Waals surface area (Å²) in [5.74, 6) is -0.364. The number of rotatable bonds is 3. The maximum Gasteiger partial charge on any atom is 0.345 e. The van der Waals surface area contributed by atoms with E-state index in [2.05, 4.69) is 34.6 Å². The van der Waals surface area contributed by atoms with Gasteiger partial charge in [0.25, 0.3) is 0 Å². The molecule has 4 nitrogen and oxygen atoms in total. The van der Waals surface area contributed by atoms with Crippen LogP contribution < -0.4 is 0 Å². The van der Waals surface area contributed by atoms with Crippen LogP contribution in [0.3, 0.4) is 0 Å². The molecule has 2 rings (SSSR count). The van der Waals surface area contributed by atoms with Crippen LogP contribution in [0.2, 0.25) is 0 Å². The molecule has 0 saturated heterocycles. The summed E-state index contributed by atoms with van der Waals surface area (Å²) < 4.78 is 1.96. The summed E-state index contributed by atoms with van der Waals surface area (Å²) in [6.45, 7) is 10.5. The van der Waals surface area contributed by atoms with Gasteiger partial charge in [-0.15, -0.1) is 11.3 Å². The predicted octanol–water partition coefficient (Wildman–Crippen LogP) is 3.75. The maximum absolute atomic E-state index is 11.1. The van der Waals surface area contributed by atoms with Crippen molar-refractivity contribution < 1.29 is 9.90 Å². The molecule has 0 aliphatic heterocycles. The molecule has 0 aromatic carbocycles. The highest BCUT2D eigenvalue weighted by atomic mass is 32.1. The van der Waals surface area contributed by atoms with Gasteiger partial charge in [-0.05, 0) is 39.2 Å². The van der Waals surface area contributed by atoms with Crippen LogP contribution in [0, 0.1) is 5.92 Å². The summed E-state index contributed by atoms with van der Waals surface area (Å²) in [5, 5.41) is 14.8. The van der Waals surface area contributed by atoms with Gasteiger partial charge in [0.1, 0.15) is 9.71 Å². The predicted molar refractivity (Wildman–Crippen MR) is 78.1 cm³/mol. The van der Waals surface area contributed by atoms with E-state index in [9.17, 15) is 4.79 Å². The number of nitrogens with zero attached hydrogens (tertiary/aromatic N) is 2. The van der Waals surface area contributed by atoms with Crippen LogP contribution >= 0.6 is 11.3 Å². The summed E-state index contributed by atoms with van der Waals surface area (Å²) in [4.78, 5) is 12.5. The van der Waals surface area contributed by atoms with Crippen LogP contribution in [0.4, 0.5) is 0 Å². The fourth-order valence-electron chi connectivity index (χ4n) is 2.06. The Morgan fingerprint density at radius 2 is 2.11 bits per heavy atom. The average Bonchev–Trinajstić information content (AvgIpc) is 2.76. The summed E-state index contributed by atoms with van der Waals surface area (Å²) in [7, 11) is 0. The summed E-state index contributed by atoms with van der Waals surface area (Å²) >= 11 is 1.31. The first kappa shape index (κ1) is 14.1.